The Labute approximate surface area is 215 Å². The molecule has 0 radical (unpaired) electrons. The average molecular weight is 536 g/mol. The van der Waals surface area contributed by atoms with E-state index in [1.807, 2.05) is 10.6 Å². The van der Waals surface area contributed by atoms with E-state index >= 15 is 0 Å². The van der Waals surface area contributed by atoms with Crippen LogP contribution in [-0.2, 0) is 14.8 Å². The third-order valence-electron chi connectivity index (χ3n) is 6.55. The Morgan fingerprint density at radius 1 is 1.14 bits per heavy atom. The first-order chi connectivity index (χ1) is 17.2. The summed E-state index contributed by atoms with van der Waals surface area (Å²) in [5.41, 5.74) is 0.544. The summed E-state index contributed by atoms with van der Waals surface area (Å²) in [6.07, 6.45) is 5.93. The van der Waals surface area contributed by atoms with Gasteiger partial charge >= 0.3 is 0 Å². The molecular formula is C23H30ClN7O4S. The first kappa shape index (κ1) is 26.2. The predicted octanol–water partition coefficient (Wildman–Crippen LogP) is 4.06. The fourth-order valence-electron chi connectivity index (χ4n) is 4.54. The number of rotatable bonds is 9. The quantitative estimate of drug-likeness (QED) is 0.430. The highest BCUT2D eigenvalue weighted by atomic mass is 35.5. The molecule has 1 aliphatic carbocycles. The van der Waals surface area contributed by atoms with Crippen molar-refractivity contribution in [3.05, 3.63) is 41.4 Å². The van der Waals surface area contributed by atoms with E-state index in [1.54, 1.807) is 12.1 Å². The van der Waals surface area contributed by atoms with Crippen LogP contribution in [0.5, 0.6) is 5.88 Å². The maximum atomic E-state index is 13.5. The van der Waals surface area contributed by atoms with E-state index in [1.165, 1.54) is 33.5 Å². The van der Waals surface area contributed by atoms with Gasteiger partial charge in [-0.3, -0.25) is 9.29 Å². The van der Waals surface area contributed by atoms with Gasteiger partial charge in [0.2, 0.25) is 21.9 Å². The summed E-state index contributed by atoms with van der Waals surface area (Å²) in [5, 5.41) is 7.89. The van der Waals surface area contributed by atoms with Crippen LogP contribution in [0.15, 0.2) is 30.6 Å². The molecule has 36 heavy (non-hydrogen) atoms. The van der Waals surface area contributed by atoms with Crippen LogP contribution in [0.1, 0.15) is 57.5 Å². The molecule has 0 aliphatic heterocycles. The van der Waals surface area contributed by atoms with Crippen LogP contribution in [0.2, 0.25) is 5.02 Å². The van der Waals surface area contributed by atoms with Crippen molar-refractivity contribution in [2.75, 3.05) is 18.9 Å². The summed E-state index contributed by atoms with van der Waals surface area (Å²) in [6, 6.07) is 5.35. The predicted molar refractivity (Wildman–Crippen MR) is 135 cm³/mol. The van der Waals surface area contributed by atoms with E-state index in [4.69, 9.17) is 21.1 Å². The van der Waals surface area contributed by atoms with Gasteiger partial charge in [-0.05, 0) is 31.7 Å². The number of methoxy groups -OCH3 is 2. The Bertz CT molecular complexity index is 1290. The fraction of sp³-hybridized carbons (Fsp3) is 0.522. The van der Waals surface area contributed by atoms with Gasteiger partial charge in [0.1, 0.15) is 17.0 Å². The van der Waals surface area contributed by atoms with Gasteiger partial charge < -0.3 is 9.47 Å². The van der Waals surface area contributed by atoms with Crippen molar-refractivity contribution in [1.29, 1.82) is 0 Å². The highest BCUT2D eigenvalue weighted by molar-refractivity contribution is 7.93. The van der Waals surface area contributed by atoms with Crippen LogP contribution in [0, 0.1) is 5.92 Å². The SMILES string of the molecule is COc1cccc(-c2nnc(NS(=O)(=O)[C@@H](C)[C@H](OC)c3ncc(Cl)cn3)n2[C@@H]2CCCC[C@H]2C)n1. The second-order valence-corrected chi connectivity index (χ2v) is 11.4. The molecule has 1 fully saturated rings. The molecule has 0 amide bonds. The molecule has 1 saturated carbocycles. The second-order valence-electron chi connectivity index (χ2n) is 8.88. The number of aromatic nitrogens is 6. The largest absolute Gasteiger partial charge is 0.481 e. The molecule has 13 heteroatoms. The first-order valence-corrected chi connectivity index (χ1v) is 13.7. The van der Waals surface area contributed by atoms with Crippen molar-refractivity contribution in [2.24, 2.45) is 5.92 Å². The van der Waals surface area contributed by atoms with Gasteiger partial charge in [0.15, 0.2) is 11.6 Å². The number of nitrogens with one attached hydrogen (secondary N) is 1. The van der Waals surface area contributed by atoms with Gasteiger partial charge in [-0.25, -0.2) is 23.4 Å². The van der Waals surface area contributed by atoms with Crippen LogP contribution in [0.25, 0.3) is 11.5 Å². The molecular weight excluding hydrogens is 506 g/mol. The minimum atomic E-state index is -4.00. The number of ether oxygens (including phenoxy) is 2. The summed E-state index contributed by atoms with van der Waals surface area (Å²) in [6.45, 7) is 3.69. The van der Waals surface area contributed by atoms with Gasteiger partial charge in [-0.1, -0.05) is 37.4 Å². The minimum Gasteiger partial charge on any atom is -0.481 e. The Hall–Kier alpha value is -2.83. The zero-order valence-electron chi connectivity index (χ0n) is 20.6. The Kier molecular flexibility index (Phi) is 8.06. The molecule has 0 spiro atoms. The van der Waals surface area contributed by atoms with Crippen LogP contribution in [0.3, 0.4) is 0 Å². The van der Waals surface area contributed by atoms with Crippen molar-refractivity contribution < 1.29 is 17.9 Å². The molecule has 1 N–H and O–H groups in total. The van der Waals surface area contributed by atoms with E-state index in [-0.39, 0.29) is 17.8 Å². The molecule has 3 aromatic heterocycles. The van der Waals surface area contributed by atoms with Gasteiger partial charge in [0.05, 0.1) is 12.1 Å². The molecule has 3 heterocycles. The van der Waals surface area contributed by atoms with Crippen molar-refractivity contribution in [2.45, 2.75) is 56.9 Å². The lowest BCUT2D eigenvalue weighted by Gasteiger charge is -2.32. The molecule has 3 aromatic rings. The second kappa shape index (κ2) is 11.1. The van der Waals surface area contributed by atoms with Crippen LogP contribution in [-0.4, -0.2) is 57.6 Å². The monoisotopic (exact) mass is 535 g/mol. The topological polar surface area (TPSA) is 134 Å². The Morgan fingerprint density at radius 3 is 2.53 bits per heavy atom. The fourth-order valence-corrected chi connectivity index (χ4v) is 5.78. The average Bonchev–Trinajstić information content (AvgIpc) is 3.28. The first-order valence-electron chi connectivity index (χ1n) is 11.7. The Morgan fingerprint density at radius 2 is 1.86 bits per heavy atom. The van der Waals surface area contributed by atoms with E-state index in [9.17, 15) is 8.42 Å². The number of hydrogen-bond acceptors (Lipinski definition) is 9. The number of anilines is 1. The summed E-state index contributed by atoms with van der Waals surface area (Å²) >= 11 is 5.88. The molecule has 0 unspecified atom stereocenters. The van der Waals surface area contributed by atoms with Crippen LogP contribution < -0.4 is 9.46 Å². The number of pyridine rings is 1. The van der Waals surface area contributed by atoms with Gasteiger partial charge in [0.25, 0.3) is 0 Å². The van der Waals surface area contributed by atoms with Crippen molar-refractivity contribution >= 4 is 27.6 Å². The minimum absolute atomic E-state index is 0.00239. The molecule has 4 rings (SSSR count). The van der Waals surface area contributed by atoms with E-state index < -0.39 is 21.4 Å². The standard InChI is InChI=1S/C23H30ClN7O4S/c1-14-8-5-6-10-18(14)31-22(17-9-7-11-19(27-17)34-3)28-29-23(31)30-36(32,33)15(2)20(35-4)21-25-12-16(24)13-26-21/h7,9,11-15,18,20H,5-6,8,10H2,1-4H3,(H,29,30)/t14-,15+,18-,20+/m1/s1. The molecule has 0 saturated heterocycles. The lowest BCUT2D eigenvalue weighted by molar-refractivity contribution is 0.0950. The molecule has 0 aromatic carbocycles. The number of sulfonamides is 1. The number of hydrogen-bond donors (Lipinski definition) is 1. The normalized spacial score (nSPS) is 20.0. The number of nitrogens with zero attached hydrogens (tertiary/aromatic N) is 6. The number of halogens is 1. The van der Waals surface area contributed by atoms with Crippen molar-refractivity contribution in [3.63, 3.8) is 0 Å². The summed E-state index contributed by atoms with van der Waals surface area (Å²) in [4.78, 5) is 12.8. The summed E-state index contributed by atoms with van der Waals surface area (Å²) < 4.78 is 42.3. The third-order valence-corrected chi connectivity index (χ3v) is 8.44. The van der Waals surface area contributed by atoms with Gasteiger partial charge in [-0.15, -0.1) is 10.2 Å². The Balaban J connectivity index is 1.72. The maximum Gasteiger partial charge on any atom is 0.240 e. The smallest absolute Gasteiger partial charge is 0.240 e. The summed E-state index contributed by atoms with van der Waals surface area (Å²) in [5.74, 6) is 1.55. The zero-order chi connectivity index (χ0) is 25.9. The maximum absolute atomic E-state index is 13.5. The van der Waals surface area contributed by atoms with Crippen LogP contribution >= 0.6 is 11.6 Å². The molecule has 194 valence electrons. The zero-order valence-corrected chi connectivity index (χ0v) is 22.2. The molecule has 0 bridgehead atoms. The van der Waals surface area contributed by atoms with Gasteiger partial charge in [-0.2, -0.15) is 0 Å². The highest BCUT2D eigenvalue weighted by Crippen LogP contribution is 2.38. The lowest BCUT2D eigenvalue weighted by atomic mass is 9.85. The van der Waals surface area contributed by atoms with Gasteiger partial charge in [0, 0.05) is 31.6 Å². The third kappa shape index (κ3) is 5.45. The van der Waals surface area contributed by atoms with E-state index in [0.29, 0.717) is 28.3 Å². The highest BCUT2D eigenvalue weighted by Gasteiger charge is 2.36. The molecule has 4 atom stereocenters. The molecule has 1 aliphatic rings. The van der Waals surface area contributed by atoms with Crippen LogP contribution in [0.4, 0.5) is 5.95 Å². The van der Waals surface area contributed by atoms with E-state index in [2.05, 4.69) is 36.8 Å². The molecule has 11 nitrogen and oxygen atoms in total. The van der Waals surface area contributed by atoms with Crippen molar-refractivity contribution in [1.82, 2.24) is 29.7 Å². The lowest BCUT2D eigenvalue weighted by Crippen LogP contribution is -2.34. The van der Waals surface area contributed by atoms with Crippen molar-refractivity contribution in [3.8, 4) is 17.4 Å². The van der Waals surface area contributed by atoms with E-state index in [0.717, 1.165) is 25.7 Å². The summed E-state index contributed by atoms with van der Waals surface area (Å²) in [7, 11) is -1.05.